The fourth-order valence-corrected chi connectivity index (χ4v) is 1.48. The minimum absolute atomic E-state index is 0.0983. The molecule has 0 saturated carbocycles. The van der Waals surface area contributed by atoms with Gasteiger partial charge in [0.2, 0.25) is 0 Å². The molecule has 0 radical (unpaired) electrons. The molecule has 0 N–H and O–H groups in total. The van der Waals surface area contributed by atoms with Crippen molar-refractivity contribution in [3.8, 4) is 0 Å². The summed E-state index contributed by atoms with van der Waals surface area (Å²) in [6, 6.07) is 5.18. The molecule has 0 fully saturated rings. The smallest absolute Gasteiger partial charge is 0.197 e. The normalized spacial score (nSPS) is 10.3. The Bertz CT molecular complexity index is 491. The molecule has 1 aromatic heterocycles. The second-order valence-corrected chi connectivity index (χ2v) is 3.37. The van der Waals surface area contributed by atoms with E-state index in [1.165, 1.54) is 30.7 Å². The van der Waals surface area contributed by atoms with Crippen molar-refractivity contribution < 1.29 is 13.6 Å². The van der Waals surface area contributed by atoms with Crippen molar-refractivity contribution in [3.63, 3.8) is 0 Å². The predicted molar refractivity (Wildman–Crippen MR) is 53.6 cm³/mol. The van der Waals surface area contributed by atoms with Gasteiger partial charge in [0.25, 0.3) is 0 Å². The van der Waals surface area contributed by atoms with E-state index in [0.29, 0.717) is 5.56 Å². The van der Waals surface area contributed by atoms with Gasteiger partial charge in [0.1, 0.15) is 12.1 Å². The Morgan fingerprint density at radius 3 is 2.73 bits per heavy atom. The lowest BCUT2D eigenvalue weighted by atomic mass is 10.1. The molecule has 0 bridgehead atoms. The van der Waals surface area contributed by atoms with Crippen LogP contribution < -0.4 is 0 Å². The molecule has 0 amide bonds. The van der Waals surface area contributed by atoms with Crippen molar-refractivity contribution in [3.05, 3.63) is 58.8 Å². The molecule has 2 aromatic rings. The van der Waals surface area contributed by atoms with Gasteiger partial charge in [0.05, 0.1) is 16.8 Å². The van der Waals surface area contributed by atoms with Crippen LogP contribution in [0.3, 0.4) is 0 Å². The van der Waals surface area contributed by atoms with Gasteiger partial charge in [-0.2, -0.15) is 0 Å². The highest BCUT2D eigenvalue weighted by atomic mass is 35.5. The number of rotatable bonds is 2. The van der Waals surface area contributed by atoms with Crippen LogP contribution in [-0.4, -0.2) is 5.78 Å². The molecule has 0 unspecified atom stereocenters. The monoisotopic (exact) mass is 224 g/mol. The highest BCUT2D eigenvalue weighted by molar-refractivity contribution is 6.34. The number of halogens is 2. The van der Waals surface area contributed by atoms with Gasteiger partial charge in [-0.3, -0.25) is 4.79 Å². The van der Waals surface area contributed by atoms with Crippen LogP contribution in [0.15, 0.2) is 41.2 Å². The number of furan rings is 1. The van der Waals surface area contributed by atoms with Gasteiger partial charge in [-0.05, 0) is 24.3 Å². The van der Waals surface area contributed by atoms with Gasteiger partial charge in [-0.25, -0.2) is 4.39 Å². The third kappa shape index (κ3) is 1.92. The number of carbonyl (C=O) groups is 1. The minimum atomic E-state index is -0.469. The zero-order valence-electron chi connectivity index (χ0n) is 7.54. The highest BCUT2D eigenvalue weighted by Gasteiger charge is 2.14. The molecule has 0 spiro atoms. The molecule has 0 aliphatic heterocycles. The maximum atomic E-state index is 12.7. The molecule has 1 heterocycles. The summed E-state index contributed by atoms with van der Waals surface area (Å²) in [6.07, 6.45) is 2.71. The Labute approximate surface area is 90.3 Å². The Kier molecular flexibility index (Phi) is 2.56. The van der Waals surface area contributed by atoms with Crippen LogP contribution in [0, 0.1) is 5.82 Å². The van der Waals surface area contributed by atoms with Crippen LogP contribution in [0.1, 0.15) is 15.9 Å². The maximum Gasteiger partial charge on any atom is 0.197 e. The van der Waals surface area contributed by atoms with Gasteiger partial charge in [0, 0.05) is 5.56 Å². The molecule has 76 valence electrons. The van der Waals surface area contributed by atoms with Crippen molar-refractivity contribution in [2.45, 2.75) is 0 Å². The summed E-state index contributed by atoms with van der Waals surface area (Å²) in [5.41, 5.74) is 0.656. The number of benzene rings is 1. The van der Waals surface area contributed by atoms with Gasteiger partial charge in [-0.1, -0.05) is 11.6 Å². The molecular formula is C11H6ClFO2. The third-order valence-corrected chi connectivity index (χ3v) is 2.27. The summed E-state index contributed by atoms with van der Waals surface area (Å²) in [7, 11) is 0. The molecule has 0 aliphatic rings. The predicted octanol–water partition coefficient (Wildman–Crippen LogP) is 3.30. The van der Waals surface area contributed by atoms with Crippen molar-refractivity contribution in [2.75, 3.05) is 0 Å². The van der Waals surface area contributed by atoms with Gasteiger partial charge < -0.3 is 4.42 Å². The van der Waals surface area contributed by atoms with Gasteiger partial charge in [-0.15, -0.1) is 0 Å². The molecule has 2 rings (SSSR count). The molecule has 2 nitrogen and oxygen atoms in total. The zero-order chi connectivity index (χ0) is 10.8. The van der Waals surface area contributed by atoms with Crippen LogP contribution in [0.25, 0.3) is 0 Å². The van der Waals surface area contributed by atoms with E-state index >= 15 is 0 Å². The average Bonchev–Trinajstić information content (AvgIpc) is 2.69. The van der Waals surface area contributed by atoms with E-state index in [-0.39, 0.29) is 16.4 Å². The maximum absolute atomic E-state index is 12.7. The van der Waals surface area contributed by atoms with Crippen molar-refractivity contribution in [1.29, 1.82) is 0 Å². The van der Waals surface area contributed by atoms with Crippen molar-refractivity contribution in [1.82, 2.24) is 0 Å². The lowest BCUT2D eigenvalue weighted by molar-refractivity contribution is 0.103. The Morgan fingerprint density at radius 1 is 1.33 bits per heavy atom. The molecule has 0 saturated heterocycles. The van der Waals surface area contributed by atoms with Crippen LogP contribution in [-0.2, 0) is 0 Å². The van der Waals surface area contributed by atoms with E-state index in [1.807, 2.05) is 0 Å². The van der Waals surface area contributed by atoms with Crippen LogP contribution in [0.2, 0.25) is 5.02 Å². The molecule has 15 heavy (non-hydrogen) atoms. The van der Waals surface area contributed by atoms with Crippen LogP contribution >= 0.6 is 11.6 Å². The lowest BCUT2D eigenvalue weighted by Gasteiger charge is -2.00. The van der Waals surface area contributed by atoms with E-state index in [1.54, 1.807) is 0 Å². The van der Waals surface area contributed by atoms with Crippen molar-refractivity contribution >= 4 is 17.4 Å². The van der Waals surface area contributed by atoms with E-state index in [4.69, 9.17) is 16.0 Å². The number of hydrogen-bond acceptors (Lipinski definition) is 2. The SMILES string of the molecule is O=C(c1ccoc1)c1ccc(F)cc1Cl. The first-order chi connectivity index (χ1) is 7.18. The lowest BCUT2D eigenvalue weighted by Crippen LogP contribution is -2.00. The third-order valence-electron chi connectivity index (χ3n) is 1.96. The summed E-state index contributed by atoms with van der Waals surface area (Å²) in [5.74, 6) is -0.752. The van der Waals surface area contributed by atoms with E-state index < -0.39 is 5.82 Å². The summed E-state index contributed by atoms with van der Waals surface area (Å²) in [5, 5.41) is 0.0983. The quantitative estimate of drug-likeness (QED) is 0.733. The second-order valence-electron chi connectivity index (χ2n) is 2.97. The number of ketones is 1. The van der Waals surface area contributed by atoms with E-state index in [9.17, 15) is 9.18 Å². The fraction of sp³-hybridized carbons (Fsp3) is 0. The molecule has 0 aliphatic carbocycles. The first-order valence-electron chi connectivity index (χ1n) is 4.20. The summed E-state index contributed by atoms with van der Waals surface area (Å²) in [4.78, 5) is 11.8. The molecule has 0 atom stereocenters. The largest absolute Gasteiger partial charge is 0.472 e. The van der Waals surface area contributed by atoms with Gasteiger partial charge in [0.15, 0.2) is 5.78 Å². The fourth-order valence-electron chi connectivity index (χ4n) is 1.22. The Hall–Kier alpha value is -1.61. The molecular weight excluding hydrogens is 219 g/mol. The van der Waals surface area contributed by atoms with Crippen LogP contribution in [0.5, 0.6) is 0 Å². The number of hydrogen-bond donors (Lipinski definition) is 0. The molecule has 1 aromatic carbocycles. The summed E-state index contributed by atoms with van der Waals surface area (Å²) in [6.45, 7) is 0. The number of carbonyl (C=O) groups excluding carboxylic acids is 1. The highest BCUT2D eigenvalue weighted by Crippen LogP contribution is 2.20. The zero-order valence-corrected chi connectivity index (χ0v) is 8.29. The van der Waals surface area contributed by atoms with Crippen LogP contribution in [0.4, 0.5) is 4.39 Å². The standard InChI is InChI=1S/C11H6ClFO2/c12-10-5-8(13)1-2-9(10)11(14)7-3-4-15-6-7/h1-6H. The summed E-state index contributed by atoms with van der Waals surface area (Å²) >= 11 is 5.75. The Balaban J connectivity index is 2.42. The molecule has 4 heteroatoms. The first kappa shape index (κ1) is 9.93. The van der Waals surface area contributed by atoms with E-state index in [0.717, 1.165) is 6.07 Å². The average molecular weight is 225 g/mol. The second kappa shape index (κ2) is 3.87. The summed E-state index contributed by atoms with van der Waals surface area (Å²) < 4.78 is 17.5. The minimum Gasteiger partial charge on any atom is -0.472 e. The van der Waals surface area contributed by atoms with Crippen molar-refractivity contribution in [2.24, 2.45) is 0 Å². The first-order valence-corrected chi connectivity index (χ1v) is 4.58. The topological polar surface area (TPSA) is 30.2 Å². The Morgan fingerprint density at radius 2 is 2.13 bits per heavy atom. The van der Waals surface area contributed by atoms with E-state index in [2.05, 4.69) is 0 Å². The van der Waals surface area contributed by atoms with Gasteiger partial charge >= 0.3 is 0 Å².